The standard InChI is InChI=1S/C17H19ClN2O6S/c1-3-7-19(8-4-2)15-10-27(24,25)11-16(15)26-17(21)12-5-6-13(18)14(9-12)20(22)23/h3-6,9,15-16H,1-2,7-8,10-11H2. The van der Waals surface area contributed by atoms with Crippen molar-refractivity contribution in [3.05, 3.63) is 64.2 Å². The quantitative estimate of drug-likeness (QED) is 0.278. The molecule has 1 aromatic carbocycles. The maximum Gasteiger partial charge on any atom is 0.338 e. The molecule has 1 heterocycles. The van der Waals surface area contributed by atoms with Gasteiger partial charge in [0.1, 0.15) is 11.1 Å². The summed E-state index contributed by atoms with van der Waals surface area (Å²) in [4.78, 5) is 24.5. The molecule has 0 aromatic heterocycles. The van der Waals surface area contributed by atoms with Gasteiger partial charge in [-0.3, -0.25) is 15.0 Å². The number of hydrogen-bond acceptors (Lipinski definition) is 7. The van der Waals surface area contributed by atoms with E-state index in [1.165, 1.54) is 12.1 Å². The highest BCUT2D eigenvalue weighted by Crippen LogP contribution is 2.27. The maximum atomic E-state index is 12.4. The third-order valence-electron chi connectivity index (χ3n) is 4.11. The molecule has 0 aliphatic carbocycles. The second-order valence-electron chi connectivity index (χ2n) is 6.04. The third-order valence-corrected chi connectivity index (χ3v) is 6.11. The zero-order chi connectivity index (χ0) is 20.2. The van der Waals surface area contributed by atoms with Gasteiger partial charge in [-0.05, 0) is 12.1 Å². The molecule has 2 atom stereocenters. The first-order valence-corrected chi connectivity index (χ1v) is 10.2. The molecule has 10 heteroatoms. The van der Waals surface area contributed by atoms with Crippen LogP contribution in [0.2, 0.25) is 5.02 Å². The molecule has 0 amide bonds. The zero-order valence-electron chi connectivity index (χ0n) is 14.4. The van der Waals surface area contributed by atoms with E-state index >= 15 is 0 Å². The summed E-state index contributed by atoms with van der Waals surface area (Å²) in [5, 5.41) is 10.9. The van der Waals surface area contributed by atoms with Crippen molar-refractivity contribution in [2.75, 3.05) is 24.6 Å². The largest absolute Gasteiger partial charge is 0.456 e. The number of carbonyl (C=O) groups excluding carboxylic acids is 1. The van der Waals surface area contributed by atoms with Crippen LogP contribution in [-0.4, -0.2) is 61.0 Å². The van der Waals surface area contributed by atoms with Crippen molar-refractivity contribution in [3.63, 3.8) is 0 Å². The van der Waals surface area contributed by atoms with Gasteiger partial charge in [0.25, 0.3) is 5.69 Å². The molecule has 0 radical (unpaired) electrons. The number of rotatable bonds is 8. The van der Waals surface area contributed by atoms with Gasteiger partial charge in [-0.1, -0.05) is 23.8 Å². The SMILES string of the molecule is C=CCN(CC=C)C1CS(=O)(=O)CC1OC(=O)c1ccc(Cl)c([N+](=O)[O-])c1. The first kappa shape index (κ1) is 21.1. The van der Waals surface area contributed by atoms with Crippen molar-refractivity contribution in [2.45, 2.75) is 12.1 Å². The number of nitro benzene ring substituents is 1. The van der Waals surface area contributed by atoms with Gasteiger partial charge < -0.3 is 4.74 Å². The number of benzene rings is 1. The van der Waals surface area contributed by atoms with Crippen LogP contribution in [0.25, 0.3) is 0 Å². The maximum absolute atomic E-state index is 12.4. The summed E-state index contributed by atoms with van der Waals surface area (Å²) in [5.74, 6) is -1.32. The Kier molecular flexibility index (Phi) is 6.74. The summed E-state index contributed by atoms with van der Waals surface area (Å²) >= 11 is 5.74. The predicted molar refractivity (Wildman–Crippen MR) is 102 cm³/mol. The minimum atomic E-state index is -3.40. The summed E-state index contributed by atoms with van der Waals surface area (Å²) < 4.78 is 29.6. The van der Waals surface area contributed by atoms with Crippen molar-refractivity contribution in [2.24, 2.45) is 0 Å². The molecule has 1 aliphatic heterocycles. The Labute approximate surface area is 162 Å². The van der Waals surface area contributed by atoms with Crippen molar-refractivity contribution in [1.82, 2.24) is 4.90 Å². The molecule has 1 aliphatic rings. The topological polar surface area (TPSA) is 107 Å². The number of esters is 1. The Morgan fingerprint density at radius 3 is 2.52 bits per heavy atom. The van der Waals surface area contributed by atoms with Crippen molar-refractivity contribution in [1.29, 1.82) is 0 Å². The molecule has 1 fully saturated rings. The molecular weight excluding hydrogens is 396 g/mol. The van der Waals surface area contributed by atoms with Crippen molar-refractivity contribution >= 4 is 33.1 Å². The van der Waals surface area contributed by atoms with Crippen LogP contribution in [0.15, 0.2) is 43.5 Å². The number of ether oxygens (including phenoxy) is 1. The second kappa shape index (κ2) is 8.64. The molecule has 0 saturated carbocycles. The highest BCUT2D eigenvalue weighted by molar-refractivity contribution is 7.91. The van der Waals surface area contributed by atoms with Gasteiger partial charge in [-0.15, -0.1) is 13.2 Å². The lowest BCUT2D eigenvalue weighted by atomic mass is 10.1. The molecule has 27 heavy (non-hydrogen) atoms. The first-order valence-electron chi connectivity index (χ1n) is 7.99. The first-order chi connectivity index (χ1) is 12.7. The fourth-order valence-electron chi connectivity index (χ4n) is 2.91. The Hall–Kier alpha value is -2.23. The summed E-state index contributed by atoms with van der Waals surface area (Å²) in [6, 6.07) is 2.97. The van der Waals surface area contributed by atoms with Crippen LogP contribution in [0.3, 0.4) is 0 Å². The number of nitrogens with zero attached hydrogens (tertiary/aromatic N) is 2. The van der Waals surface area contributed by atoms with E-state index in [0.717, 1.165) is 6.07 Å². The highest BCUT2D eigenvalue weighted by Gasteiger charge is 2.43. The molecule has 2 unspecified atom stereocenters. The summed E-state index contributed by atoms with van der Waals surface area (Å²) in [6.07, 6.45) is 2.34. The second-order valence-corrected chi connectivity index (χ2v) is 8.60. The average molecular weight is 415 g/mol. The van der Waals surface area contributed by atoms with Gasteiger partial charge >= 0.3 is 5.97 Å². The summed E-state index contributed by atoms with van der Waals surface area (Å²) in [6.45, 7) is 8.09. The fraction of sp³-hybridized carbons (Fsp3) is 0.353. The molecule has 0 bridgehead atoms. The van der Waals surface area contributed by atoms with Crippen LogP contribution in [0.4, 0.5) is 5.69 Å². The molecule has 2 rings (SSSR count). The van der Waals surface area contributed by atoms with Crippen LogP contribution >= 0.6 is 11.6 Å². The van der Waals surface area contributed by atoms with E-state index in [4.69, 9.17) is 16.3 Å². The van der Waals surface area contributed by atoms with E-state index in [1.807, 2.05) is 0 Å². The minimum absolute atomic E-state index is 0.0758. The van der Waals surface area contributed by atoms with Crippen LogP contribution in [-0.2, 0) is 14.6 Å². The molecule has 0 spiro atoms. The average Bonchev–Trinajstić information content (AvgIpc) is 2.89. The number of sulfone groups is 1. The minimum Gasteiger partial charge on any atom is -0.456 e. The number of halogens is 1. The summed E-state index contributed by atoms with van der Waals surface area (Å²) in [7, 11) is -3.40. The lowest BCUT2D eigenvalue weighted by Gasteiger charge is -2.29. The Morgan fingerprint density at radius 2 is 1.96 bits per heavy atom. The normalized spacial score (nSPS) is 21.0. The number of hydrogen-bond donors (Lipinski definition) is 0. The smallest absolute Gasteiger partial charge is 0.338 e. The number of nitro groups is 1. The van der Waals surface area contributed by atoms with Crippen molar-refractivity contribution in [3.8, 4) is 0 Å². The van der Waals surface area contributed by atoms with Crippen LogP contribution in [0, 0.1) is 10.1 Å². The van der Waals surface area contributed by atoms with Gasteiger partial charge in [0.15, 0.2) is 9.84 Å². The van der Waals surface area contributed by atoms with E-state index in [0.29, 0.717) is 13.1 Å². The van der Waals surface area contributed by atoms with E-state index < -0.39 is 38.6 Å². The van der Waals surface area contributed by atoms with Crippen molar-refractivity contribution < 1.29 is 22.9 Å². The van der Waals surface area contributed by atoms with Crippen LogP contribution in [0.1, 0.15) is 10.4 Å². The molecule has 0 N–H and O–H groups in total. The predicted octanol–water partition coefficient (Wildman–Crippen LogP) is 2.24. The fourth-order valence-corrected chi connectivity index (χ4v) is 4.97. The molecule has 8 nitrogen and oxygen atoms in total. The van der Waals surface area contributed by atoms with E-state index in [2.05, 4.69) is 13.2 Å². The molecule has 146 valence electrons. The zero-order valence-corrected chi connectivity index (χ0v) is 16.0. The Morgan fingerprint density at radius 1 is 1.33 bits per heavy atom. The van der Waals surface area contributed by atoms with E-state index in [1.54, 1.807) is 17.1 Å². The molecular formula is C17H19ClN2O6S. The highest BCUT2D eigenvalue weighted by atomic mass is 35.5. The van der Waals surface area contributed by atoms with Crippen LogP contribution < -0.4 is 0 Å². The van der Waals surface area contributed by atoms with Gasteiger partial charge in [0.05, 0.1) is 28.0 Å². The van der Waals surface area contributed by atoms with Gasteiger partial charge in [-0.2, -0.15) is 0 Å². The molecule has 1 saturated heterocycles. The lowest BCUT2D eigenvalue weighted by Crippen LogP contribution is -2.45. The monoisotopic (exact) mass is 414 g/mol. The van der Waals surface area contributed by atoms with Gasteiger partial charge in [-0.25, -0.2) is 13.2 Å². The van der Waals surface area contributed by atoms with Gasteiger partial charge in [0.2, 0.25) is 0 Å². The van der Waals surface area contributed by atoms with Gasteiger partial charge in [0, 0.05) is 19.2 Å². The third kappa shape index (κ3) is 5.15. The van der Waals surface area contributed by atoms with E-state index in [-0.39, 0.29) is 22.1 Å². The lowest BCUT2D eigenvalue weighted by molar-refractivity contribution is -0.384. The summed E-state index contributed by atoms with van der Waals surface area (Å²) in [5.41, 5.74) is -0.505. The van der Waals surface area contributed by atoms with E-state index in [9.17, 15) is 23.3 Å². The Bertz CT molecular complexity index is 860. The molecule has 1 aromatic rings. The Balaban J connectivity index is 2.26. The number of carbonyl (C=O) groups is 1. The van der Waals surface area contributed by atoms with Crippen LogP contribution in [0.5, 0.6) is 0 Å².